The first-order valence-electron chi connectivity index (χ1n) is 12.5. The first-order valence-corrected chi connectivity index (χ1v) is 12.5. The number of pyridine rings is 1. The molecule has 0 atom stereocenters. The molecule has 0 saturated carbocycles. The number of rotatable bonds is 7. The third-order valence-corrected chi connectivity index (χ3v) is 6.62. The highest BCUT2D eigenvalue weighted by molar-refractivity contribution is 5.94. The Kier molecular flexibility index (Phi) is 7.13. The van der Waals surface area contributed by atoms with Gasteiger partial charge < -0.3 is 19.9 Å². The van der Waals surface area contributed by atoms with Gasteiger partial charge in [0.05, 0.1) is 5.69 Å². The number of alkyl halides is 3. The number of carbonyl (C=O) groups excluding carboxylic acids is 1. The van der Waals surface area contributed by atoms with Gasteiger partial charge in [0, 0.05) is 50.3 Å². The Morgan fingerprint density at radius 1 is 0.921 bits per heavy atom. The zero-order valence-corrected chi connectivity index (χ0v) is 20.9. The minimum atomic E-state index is -4.69. The molecule has 3 heterocycles. The second-order valence-corrected chi connectivity index (χ2v) is 9.05. The summed E-state index contributed by atoms with van der Waals surface area (Å²) in [5.41, 5.74) is 5.04. The van der Waals surface area contributed by atoms with Crippen molar-refractivity contribution in [3.63, 3.8) is 0 Å². The summed E-state index contributed by atoms with van der Waals surface area (Å²) in [4.78, 5) is 21.9. The molecule has 0 aliphatic carbocycles. The molecule has 5 rings (SSSR count). The zero-order valence-electron chi connectivity index (χ0n) is 20.9. The van der Waals surface area contributed by atoms with Crippen LogP contribution in [0.1, 0.15) is 28.7 Å². The summed E-state index contributed by atoms with van der Waals surface area (Å²) in [6.45, 7) is 5.45. The van der Waals surface area contributed by atoms with Crippen LogP contribution in [0.4, 0.5) is 24.5 Å². The Hall–Kier alpha value is -4.21. The molecule has 1 aliphatic heterocycles. The maximum absolute atomic E-state index is 13.0. The van der Waals surface area contributed by atoms with Crippen LogP contribution in [0.25, 0.3) is 5.65 Å². The van der Waals surface area contributed by atoms with Gasteiger partial charge in [-0.05, 0) is 60.5 Å². The number of anilines is 2. The molecule has 1 amide bonds. The van der Waals surface area contributed by atoms with Gasteiger partial charge in [-0.3, -0.25) is 9.20 Å². The highest BCUT2D eigenvalue weighted by Gasteiger charge is 2.31. The van der Waals surface area contributed by atoms with Crippen LogP contribution >= 0.6 is 0 Å². The van der Waals surface area contributed by atoms with E-state index in [0.29, 0.717) is 18.7 Å². The number of benzene rings is 2. The number of amides is 1. The quantitative estimate of drug-likeness (QED) is 0.367. The summed E-state index contributed by atoms with van der Waals surface area (Å²) in [6.07, 6.45) is -2.17. The van der Waals surface area contributed by atoms with E-state index >= 15 is 0 Å². The number of nitrogens with one attached hydrogen (secondary N) is 1. The van der Waals surface area contributed by atoms with Gasteiger partial charge in [0.1, 0.15) is 17.1 Å². The molecule has 7 nitrogen and oxygen atoms in total. The SMILES string of the molecule is CCc1nc2ccccn2c1C(=O)NCc1ccc(N2CCN(c3ccc(OC(F)(F)F)cc3)CC2)cc1. The van der Waals surface area contributed by atoms with E-state index in [4.69, 9.17) is 0 Å². The van der Waals surface area contributed by atoms with Crippen LogP contribution in [0.2, 0.25) is 0 Å². The molecule has 38 heavy (non-hydrogen) atoms. The number of ether oxygens (including phenoxy) is 1. The predicted molar refractivity (Wildman–Crippen MR) is 140 cm³/mol. The van der Waals surface area contributed by atoms with E-state index in [1.54, 1.807) is 12.1 Å². The normalized spacial score (nSPS) is 14.1. The average molecular weight is 524 g/mol. The van der Waals surface area contributed by atoms with E-state index in [2.05, 4.69) is 24.8 Å². The van der Waals surface area contributed by atoms with Crippen molar-refractivity contribution in [2.75, 3.05) is 36.0 Å². The lowest BCUT2D eigenvalue weighted by atomic mass is 10.1. The molecule has 0 radical (unpaired) electrons. The predicted octanol–water partition coefficient (Wildman–Crippen LogP) is 5.05. The number of hydrogen-bond donors (Lipinski definition) is 1. The van der Waals surface area contributed by atoms with Crippen LogP contribution in [0.5, 0.6) is 5.75 Å². The number of carbonyl (C=O) groups is 1. The summed E-state index contributed by atoms with van der Waals surface area (Å²) in [7, 11) is 0. The lowest BCUT2D eigenvalue weighted by Crippen LogP contribution is -2.46. The summed E-state index contributed by atoms with van der Waals surface area (Å²) < 4.78 is 42.9. The van der Waals surface area contributed by atoms with Crippen LogP contribution < -0.4 is 19.9 Å². The zero-order chi connectivity index (χ0) is 26.7. The van der Waals surface area contributed by atoms with Gasteiger partial charge >= 0.3 is 6.36 Å². The van der Waals surface area contributed by atoms with Crippen LogP contribution in [0.15, 0.2) is 72.9 Å². The van der Waals surface area contributed by atoms with Gasteiger partial charge in [-0.25, -0.2) is 4.98 Å². The van der Waals surface area contributed by atoms with Gasteiger partial charge in [0.2, 0.25) is 0 Å². The largest absolute Gasteiger partial charge is 0.573 e. The van der Waals surface area contributed by atoms with E-state index in [0.717, 1.165) is 54.5 Å². The molecule has 2 aromatic heterocycles. The third kappa shape index (κ3) is 5.69. The lowest BCUT2D eigenvalue weighted by molar-refractivity contribution is -0.274. The van der Waals surface area contributed by atoms with Gasteiger partial charge in [0.25, 0.3) is 5.91 Å². The monoisotopic (exact) mass is 523 g/mol. The van der Waals surface area contributed by atoms with Gasteiger partial charge in [0.15, 0.2) is 0 Å². The van der Waals surface area contributed by atoms with E-state index in [1.165, 1.54) is 12.1 Å². The first-order chi connectivity index (χ1) is 18.3. The van der Waals surface area contributed by atoms with Crippen molar-refractivity contribution in [3.05, 3.63) is 89.9 Å². The molecule has 1 fully saturated rings. The molecule has 1 aliphatic rings. The Balaban J connectivity index is 1.15. The Morgan fingerprint density at radius 3 is 2.11 bits per heavy atom. The maximum atomic E-state index is 13.0. The number of halogens is 3. The summed E-state index contributed by atoms with van der Waals surface area (Å²) >= 11 is 0. The smallest absolute Gasteiger partial charge is 0.406 e. The second kappa shape index (κ2) is 10.6. The van der Waals surface area contributed by atoms with Crippen molar-refractivity contribution >= 4 is 22.9 Å². The molecule has 1 saturated heterocycles. The van der Waals surface area contributed by atoms with E-state index in [1.807, 2.05) is 60.0 Å². The van der Waals surface area contributed by atoms with Gasteiger partial charge in [-0.2, -0.15) is 0 Å². The van der Waals surface area contributed by atoms with Crippen LogP contribution in [-0.2, 0) is 13.0 Å². The molecule has 0 unspecified atom stereocenters. The standard InChI is InChI=1S/C28H28F3N5O2/c1-2-24-26(36-14-4-3-5-25(36)33-24)27(37)32-19-20-6-8-21(9-7-20)34-15-17-35(18-16-34)22-10-12-23(13-11-22)38-28(29,30)31/h3-14H,2,15-19H2,1H3,(H,32,37). The van der Waals surface area contributed by atoms with Crippen molar-refractivity contribution in [2.45, 2.75) is 26.3 Å². The summed E-state index contributed by atoms with van der Waals surface area (Å²) in [5, 5.41) is 3.02. The van der Waals surface area contributed by atoms with Crippen molar-refractivity contribution in [1.82, 2.24) is 14.7 Å². The highest BCUT2D eigenvalue weighted by Crippen LogP contribution is 2.27. The van der Waals surface area contributed by atoms with E-state index < -0.39 is 6.36 Å². The topological polar surface area (TPSA) is 62.1 Å². The number of hydrogen-bond acceptors (Lipinski definition) is 5. The van der Waals surface area contributed by atoms with Gasteiger partial charge in [-0.15, -0.1) is 13.2 Å². The minimum absolute atomic E-state index is 0.154. The summed E-state index contributed by atoms with van der Waals surface area (Å²) in [6, 6.07) is 19.8. The lowest BCUT2D eigenvalue weighted by Gasteiger charge is -2.37. The maximum Gasteiger partial charge on any atom is 0.573 e. The number of imidazole rings is 1. The molecule has 1 N–H and O–H groups in total. The highest BCUT2D eigenvalue weighted by atomic mass is 19.4. The van der Waals surface area contributed by atoms with Crippen LogP contribution in [-0.4, -0.2) is 47.8 Å². The van der Waals surface area contributed by atoms with E-state index in [9.17, 15) is 18.0 Å². The summed E-state index contributed by atoms with van der Waals surface area (Å²) in [5.74, 6) is -0.376. The van der Waals surface area contributed by atoms with Crippen molar-refractivity contribution in [3.8, 4) is 5.75 Å². The number of aryl methyl sites for hydroxylation is 1. The molecular formula is C28H28F3N5O2. The second-order valence-electron chi connectivity index (χ2n) is 9.05. The molecule has 0 spiro atoms. The fourth-order valence-electron chi connectivity index (χ4n) is 4.70. The fourth-order valence-corrected chi connectivity index (χ4v) is 4.70. The molecule has 0 bridgehead atoms. The minimum Gasteiger partial charge on any atom is -0.406 e. The average Bonchev–Trinajstić information content (AvgIpc) is 3.31. The van der Waals surface area contributed by atoms with Crippen molar-refractivity contribution < 1.29 is 22.7 Å². The van der Waals surface area contributed by atoms with Gasteiger partial charge in [-0.1, -0.05) is 25.1 Å². The molecule has 2 aromatic carbocycles. The Bertz CT molecular complexity index is 1390. The van der Waals surface area contributed by atoms with Crippen molar-refractivity contribution in [1.29, 1.82) is 0 Å². The third-order valence-electron chi connectivity index (χ3n) is 6.62. The van der Waals surface area contributed by atoms with E-state index in [-0.39, 0.29) is 11.7 Å². The Morgan fingerprint density at radius 2 is 1.53 bits per heavy atom. The molecule has 198 valence electrons. The first kappa shape index (κ1) is 25.4. The molecular weight excluding hydrogens is 495 g/mol. The molecule has 10 heteroatoms. The van der Waals surface area contributed by atoms with Crippen molar-refractivity contribution in [2.24, 2.45) is 0 Å². The molecule has 4 aromatic rings. The van der Waals surface area contributed by atoms with Crippen LogP contribution in [0, 0.1) is 0 Å². The van der Waals surface area contributed by atoms with Crippen LogP contribution in [0.3, 0.4) is 0 Å². The number of fused-ring (bicyclic) bond motifs is 1. The fraction of sp³-hybridized carbons (Fsp3) is 0.286. The number of piperazine rings is 1. The Labute approximate surface area is 218 Å². The number of aromatic nitrogens is 2. The number of nitrogens with zero attached hydrogens (tertiary/aromatic N) is 4.